The van der Waals surface area contributed by atoms with Gasteiger partial charge in [-0.15, -0.1) is 0 Å². The number of benzene rings is 1. The minimum Gasteiger partial charge on any atom is -0.464 e. The van der Waals surface area contributed by atoms with Gasteiger partial charge in [0.2, 0.25) is 0 Å². The zero-order valence-electron chi connectivity index (χ0n) is 8.52. The lowest BCUT2D eigenvalue weighted by Gasteiger charge is -1.96. The van der Waals surface area contributed by atoms with Gasteiger partial charge in [-0.05, 0) is 18.2 Å². The highest BCUT2D eigenvalue weighted by Gasteiger charge is 2.16. The maximum Gasteiger partial charge on any atom is 0.359 e. The van der Waals surface area contributed by atoms with Crippen molar-refractivity contribution in [2.24, 2.45) is 7.05 Å². The number of anilines is 1. The highest BCUT2D eigenvalue weighted by Crippen LogP contribution is 2.21. The van der Waals surface area contributed by atoms with Crippen LogP contribution in [0.2, 0.25) is 0 Å². The van der Waals surface area contributed by atoms with E-state index in [2.05, 4.69) is 9.84 Å². The number of ether oxygens (including phenoxy) is 1. The van der Waals surface area contributed by atoms with E-state index >= 15 is 0 Å². The number of aryl methyl sites for hydroxylation is 1. The first-order chi connectivity index (χ1) is 7.13. The van der Waals surface area contributed by atoms with E-state index in [9.17, 15) is 4.79 Å². The normalized spacial score (nSPS) is 10.5. The van der Waals surface area contributed by atoms with Gasteiger partial charge in [-0.3, -0.25) is 4.68 Å². The zero-order chi connectivity index (χ0) is 11.0. The van der Waals surface area contributed by atoms with Crippen LogP contribution in [0.25, 0.3) is 10.9 Å². The molecule has 0 fully saturated rings. The molecule has 0 saturated carbocycles. The lowest BCUT2D eigenvalue weighted by Crippen LogP contribution is -2.03. The molecule has 2 N–H and O–H groups in total. The maximum absolute atomic E-state index is 11.4. The lowest BCUT2D eigenvalue weighted by molar-refractivity contribution is 0.0595. The smallest absolute Gasteiger partial charge is 0.359 e. The van der Waals surface area contributed by atoms with Crippen LogP contribution in [-0.2, 0) is 11.8 Å². The Morgan fingerprint density at radius 2 is 2.27 bits per heavy atom. The maximum atomic E-state index is 11.4. The van der Waals surface area contributed by atoms with Crippen LogP contribution in [0.4, 0.5) is 5.69 Å². The Hall–Kier alpha value is -2.04. The predicted molar refractivity (Wildman–Crippen MR) is 56.5 cm³/mol. The third-order valence-corrected chi connectivity index (χ3v) is 2.25. The number of nitrogens with zero attached hydrogens (tertiary/aromatic N) is 2. The van der Waals surface area contributed by atoms with Gasteiger partial charge in [-0.25, -0.2) is 4.79 Å². The fraction of sp³-hybridized carbons (Fsp3) is 0.200. The van der Waals surface area contributed by atoms with Crippen molar-refractivity contribution in [3.05, 3.63) is 23.9 Å². The summed E-state index contributed by atoms with van der Waals surface area (Å²) in [6.45, 7) is 0. The second-order valence-corrected chi connectivity index (χ2v) is 3.24. The van der Waals surface area contributed by atoms with Crippen LogP contribution < -0.4 is 5.73 Å². The first-order valence-electron chi connectivity index (χ1n) is 4.44. The molecule has 0 aliphatic rings. The van der Waals surface area contributed by atoms with Crippen molar-refractivity contribution in [1.82, 2.24) is 9.78 Å². The molecule has 0 bridgehead atoms. The van der Waals surface area contributed by atoms with E-state index in [0.717, 1.165) is 5.52 Å². The first-order valence-corrected chi connectivity index (χ1v) is 4.44. The van der Waals surface area contributed by atoms with E-state index in [1.165, 1.54) is 7.11 Å². The Morgan fingerprint density at radius 3 is 2.93 bits per heavy atom. The van der Waals surface area contributed by atoms with Crippen molar-refractivity contribution < 1.29 is 9.53 Å². The van der Waals surface area contributed by atoms with Crippen LogP contribution in [0.5, 0.6) is 0 Å². The average molecular weight is 205 g/mol. The summed E-state index contributed by atoms with van der Waals surface area (Å²) >= 11 is 0. The number of methoxy groups -OCH3 is 1. The molecular formula is C10H11N3O2. The van der Waals surface area contributed by atoms with Gasteiger partial charge in [0.1, 0.15) is 0 Å². The van der Waals surface area contributed by atoms with Crippen LogP contribution in [0.15, 0.2) is 18.2 Å². The number of fused-ring (bicyclic) bond motifs is 1. The Labute approximate surface area is 86.4 Å². The molecule has 0 aliphatic heterocycles. The lowest BCUT2D eigenvalue weighted by atomic mass is 10.2. The van der Waals surface area contributed by atoms with Crippen LogP contribution in [-0.4, -0.2) is 22.9 Å². The van der Waals surface area contributed by atoms with Crippen molar-refractivity contribution >= 4 is 22.6 Å². The Bertz CT molecular complexity index is 531. The summed E-state index contributed by atoms with van der Waals surface area (Å²) in [6.07, 6.45) is 0. The molecule has 0 radical (unpaired) electrons. The van der Waals surface area contributed by atoms with Gasteiger partial charge in [-0.2, -0.15) is 5.10 Å². The summed E-state index contributed by atoms with van der Waals surface area (Å²) in [5.74, 6) is -0.453. The van der Waals surface area contributed by atoms with Crippen LogP contribution >= 0.6 is 0 Å². The predicted octanol–water partition coefficient (Wildman–Crippen LogP) is 0.942. The Morgan fingerprint density at radius 1 is 1.53 bits per heavy atom. The number of aromatic nitrogens is 2. The van der Waals surface area contributed by atoms with Crippen LogP contribution in [0, 0.1) is 0 Å². The molecule has 0 aliphatic carbocycles. The number of hydrogen-bond donors (Lipinski definition) is 1. The largest absolute Gasteiger partial charge is 0.464 e. The van der Waals surface area contributed by atoms with E-state index in [0.29, 0.717) is 16.8 Å². The number of nitrogens with two attached hydrogens (primary N) is 1. The average Bonchev–Trinajstić information content (AvgIpc) is 2.54. The molecule has 2 rings (SSSR count). The third kappa shape index (κ3) is 1.41. The third-order valence-electron chi connectivity index (χ3n) is 2.25. The van der Waals surface area contributed by atoms with Gasteiger partial charge in [0, 0.05) is 18.1 Å². The molecule has 0 saturated heterocycles. The number of esters is 1. The molecule has 0 spiro atoms. The van der Waals surface area contributed by atoms with Gasteiger partial charge in [0.15, 0.2) is 5.69 Å². The van der Waals surface area contributed by atoms with Gasteiger partial charge < -0.3 is 10.5 Å². The fourth-order valence-electron chi connectivity index (χ4n) is 1.53. The molecule has 1 aromatic heterocycles. The number of carbonyl (C=O) groups is 1. The van der Waals surface area contributed by atoms with Crippen molar-refractivity contribution in [1.29, 1.82) is 0 Å². The number of nitrogen functional groups attached to an aromatic ring is 1. The van der Waals surface area contributed by atoms with Crippen LogP contribution in [0.3, 0.4) is 0 Å². The monoisotopic (exact) mass is 205 g/mol. The zero-order valence-corrected chi connectivity index (χ0v) is 8.52. The minimum atomic E-state index is -0.453. The van der Waals surface area contributed by atoms with Crippen molar-refractivity contribution in [2.45, 2.75) is 0 Å². The van der Waals surface area contributed by atoms with Gasteiger partial charge >= 0.3 is 5.97 Å². The van der Waals surface area contributed by atoms with Crippen molar-refractivity contribution in [3.8, 4) is 0 Å². The molecule has 5 heteroatoms. The van der Waals surface area contributed by atoms with Crippen LogP contribution in [0.1, 0.15) is 10.5 Å². The van der Waals surface area contributed by atoms with E-state index in [-0.39, 0.29) is 0 Å². The Kier molecular flexibility index (Phi) is 2.07. The summed E-state index contributed by atoms with van der Waals surface area (Å²) in [4.78, 5) is 11.4. The molecule has 1 aromatic carbocycles. The molecule has 15 heavy (non-hydrogen) atoms. The van der Waals surface area contributed by atoms with Gasteiger partial charge in [0.25, 0.3) is 0 Å². The number of rotatable bonds is 1. The Balaban J connectivity index is 2.75. The fourth-order valence-corrected chi connectivity index (χ4v) is 1.53. The number of hydrogen-bond acceptors (Lipinski definition) is 4. The second-order valence-electron chi connectivity index (χ2n) is 3.24. The highest BCUT2D eigenvalue weighted by atomic mass is 16.5. The minimum absolute atomic E-state index is 0.294. The molecule has 0 atom stereocenters. The van der Waals surface area contributed by atoms with Crippen molar-refractivity contribution in [3.63, 3.8) is 0 Å². The summed E-state index contributed by atoms with van der Waals surface area (Å²) < 4.78 is 6.27. The summed E-state index contributed by atoms with van der Waals surface area (Å²) in [5, 5.41) is 4.80. The quantitative estimate of drug-likeness (QED) is 0.555. The molecule has 5 nitrogen and oxygen atoms in total. The summed E-state index contributed by atoms with van der Waals surface area (Å²) in [7, 11) is 3.10. The molecule has 2 aromatic rings. The topological polar surface area (TPSA) is 70.1 Å². The standard InChI is InChI=1S/C10H11N3O2/c1-13-8-4-3-6(11)5-7(8)9(12-13)10(14)15-2/h3-5H,11H2,1-2H3. The highest BCUT2D eigenvalue weighted by molar-refractivity contribution is 6.02. The molecule has 0 unspecified atom stereocenters. The van der Waals surface area contributed by atoms with Gasteiger partial charge in [0.05, 0.1) is 12.6 Å². The van der Waals surface area contributed by atoms with Gasteiger partial charge in [-0.1, -0.05) is 0 Å². The number of carbonyl (C=O) groups excluding carboxylic acids is 1. The molecular weight excluding hydrogens is 194 g/mol. The van der Waals surface area contributed by atoms with E-state index in [1.807, 2.05) is 6.07 Å². The second kappa shape index (κ2) is 3.27. The van der Waals surface area contributed by atoms with Crippen molar-refractivity contribution in [2.75, 3.05) is 12.8 Å². The summed E-state index contributed by atoms with van der Waals surface area (Å²) in [6, 6.07) is 5.31. The van der Waals surface area contributed by atoms with E-state index in [4.69, 9.17) is 5.73 Å². The first kappa shape index (κ1) is 9.51. The molecule has 1 heterocycles. The molecule has 0 amide bonds. The summed E-state index contributed by atoms with van der Waals surface area (Å²) in [5.41, 5.74) is 7.40. The van der Waals surface area contributed by atoms with E-state index in [1.54, 1.807) is 23.9 Å². The van der Waals surface area contributed by atoms with E-state index < -0.39 is 5.97 Å². The molecule has 78 valence electrons. The SMILES string of the molecule is COC(=O)c1nn(C)c2ccc(N)cc12.